The maximum absolute atomic E-state index is 13.6. The van der Waals surface area contributed by atoms with Crippen LogP contribution >= 0.6 is 0 Å². The summed E-state index contributed by atoms with van der Waals surface area (Å²) in [6.45, 7) is 0. The predicted molar refractivity (Wildman–Crippen MR) is 182 cm³/mol. The van der Waals surface area contributed by atoms with Gasteiger partial charge in [0.1, 0.15) is 6.04 Å². The van der Waals surface area contributed by atoms with E-state index >= 15 is 0 Å². The van der Waals surface area contributed by atoms with Crippen LogP contribution in [0.4, 0.5) is 5.69 Å². The molecule has 8 rings (SSSR count). The van der Waals surface area contributed by atoms with Gasteiger partial charge in [-0.2, -0.15) is 0 Å². The Morgan fingerprint density at radius 1 is 0.739 bits per heavy atom. The van der Waals surface area contributed by atoms with Crippen LogP contribution < -0.4 is 4.90 Å². The normalized spacial score (nSPS) is 15.5. The van der Waals surface area contributed by atoms with Crippen LogP contribution in [0.3, 0.4) is 0 Å². The minimum absolute atomic E-state index is 0.160. The number of carbonyl (C=O) groups is 2. The summed E-state index contributed by atoms with van der Waals surface area (Å²) in [6, 6.07) is 29.5. The molecule has 8 heteroatoms. The van der Waals surface area contributed by atoms with Crippen LogP contribution in [0, 0.1) is 0 Å². The molecule has 1 amide bonds. The number of benzene rings is 2. The lowest BCUT2D eigenvalue weighted by atomic mass is 10.0. The molecule has 0 aliphatic carbocycles. The van der Waals surface area contributed by atoms with Crippen LogP contribution in [0.15, 0.2) is 91.0 Å². The van der Waals surface area contributed by atoms with Crippen molar-refractivity contribution >= 4 is 63.9 Å². The van der Waals surface area contributed by atoms with Crippen molar-refractivity contribution in [2.45, 2.75) is 18.9 Å². The summed E-state index contributed by atoms with van der Waals surface area (Å²) in [5.74, 6) is -0.618. The Balaban J connectivity index is 1.52. The molecular weight excluding hydrogens is 574 g/mol. The standard InChI is InChI=1S/C38H29N5O3/c1-46-38(45)33-20-21-34(44)43(33)37-31-18-16-29(41-31)35(23-8-4-2-5-9-23)27-14-12-25(39-27)22-26-13-15-28(40-26)36(24-10-6-3-7-11-24)30-17-19-32(37)42-30/h2-19,22,33,39,42H,20-21H2,1H3/t33-/m0/s1. The molecule has 8 nitrogen and oxygen atoms in total. The molecule has 0 spiro atoms. The fraction of sp³-hybridized carbons (Fsp3) is 0.105. The summed E-state index contributed by atoms with van der Waals surface area (Å²) in [4.78, 5) is 45.4. The maximum atomic E-state index is 13.6. The van der Waals surface area contributed by atoms with Crippen LogP contribution in [0.1, 0.15) is 35.6 Å². The number of hydrogen-bond donors (Lipinski definition) is 2. The van der Waals surface area contributed by atoms with E-state index in [0.29, 0.717) is 23.3 Å². The van der Waals surface area contributed by atoms with Gasteiger partial charge >= 0.3 is 5.97 Å². The Morgan fingerprint density at radius 2 is 1.35 bits per heavy atom. The van der Waals surface area contributed by atoms with Crippen molar-refractivity contribution in [2.75, 3.05) is 12.0 Å². The number of nitrogens with zero attached hydrogens (tertiary/aromatic N) is 3. The first-order chi connectivity index (χ1) is 22.6. The minimum Gasteiger partial charge on any atom is -0.467 e. The van der Waals surface area contributed by atoms with E-state index in [9.17, 15) is 9.59 Å². The second-order valence-electron chi connectivity index (χ2n) is 11.4. The molecular formula is C38H29N5O3. The van der Waals surface area contributed by atoms with Crippen molar-refractivity contribution in [3.63, 3.8) is 0 Å². The van der Waals surface area contributed by atoms with E-state index in [4.69, 9.17) is 14.7 Å². The number of carbonyl (C=O) groups excluding carboxylic acids is 2. The van der Waals surface area contributed by atoms with Crippen LogP contribution in [-0.2, 0) is 14.3 Å². The quantitative estimate of drug-likeness (QED) is 0.201. The van der Waals surface area contributed by atoms with Gasteiger partial charge in [-0.25, -0.2) is 14.8 Å². The smallest absolute Gasteiger partial charge is 0.328 e. The molecule has 2 aromatic carbocycles. The van der Waals surface area contributed by atoms with Crippen molar-refractivity contribution < 1.29 is 14.3 Å². The Labute approximate surface area is 264 Å². The van der Waals surface area contributed by atoms with Crippen molar-refractivity contribution in [2.24, 2.45) is 0 Å². The zero-order valence-electron chi connectivity index (χ0n) is 25.0. The number of aromatic nitrogens is 4. The fourth-order valence-electron chi connectivity index (χ4n) is 6.52. The average Bonchev–Trinajstić information content (AvgIpc) is 3.93. The van der Waals surface area contributed by atoms with Gasteiger partial charge in [0.05, 0.1) is 41.1 Å². The summed E-state index contributed by atoms with van der Waals surface area (Å²) in [7, 11) is 1.35. The number of hydrogen-bond acceptors (Lipinski definition) is 5. The molecule has 0 radical (unpaired) electrons. The molecule has 0 saturated carbocycles. The zero-order valence-corrected chi connectivity index (χ0v) is 25.0. The summed E-state index contributed by atoms with van der Waals surface area (Å²) in [5.41, 5.74) is 10.6. The average molecular weight is 604 g/mol. The first-order valence-electron chi connectivity index (χ1n) is 15.2. The number of methoxy groups -OCH3 is 1. The van der Waals surface area contributed by atoms with Gasteiger partial charge in [0.15, 0.2) is 0 Å². The number of nitrogens with one attached hydrogen (secondary N) is 2. The summed E-state index contributed by atoms with van der Waals surface area (Å²) in [5, 5.41) is 0. The number of esters is 1. The van der Waals surface area contributed by atoms with E-state index in [1.54, 1.807) is 4.90 Å². The molecule has 1 atom stereocenters. The number of anilines is 1. The molecule has 6 heterocycles. The Kier molecular flexibility index (Phi) is 6.68. The topological polar surface area (TPSA) is 104 Å². The number of H-pyrrole nitrogens is 2. The number of rotatable bonds is 4. The first kappa shape index (κ1) is 27.5. The van der Waals surface area contributed by atoms with E-state index < -0.39 is 12.0 Å². The number of fused-ring (bicyclic) bond motifs is 8. The maximum Gasteiger partial charge on any atom is 0.328 e. The van der Waals surface area contributed by atoms with Gasteiger partial charge in [0.2, 0.25) is 5.91 Å². The van der Waals surface area contributed by atoms with Crippen molar-refractivity contribution in [1.29, 1.82) is 0 Å². The van der Waals surface area contributed by atoms with E-state index in [1.807, 2.05) is 91.0 Å². The van der Waals surface area contributed by atoms with Crippen molar-refractivity contribution in [3.05, 3.63) is 114 Å². The molecule has 1 saturated heterocycles. The van der Waals surface area contributed by atoms with Crippen LogP contribution in [0.5, 0.6) is 0 Å². The lowest BCUT2D eigenvalue weighted by Gasteiger charge is -2.23. The molecule has 2 N–H and O–H groups in total. The first-order valence-corrected chi connectivity index (χ1v) is 15.2. The summed E-state index contributed by atoms with van der Waals surface area (Å²) in [6.07, 6.45) is 8.49. The molecule has 8 bridgehead atoms. The Morgan fingerprint density at radius 3 is 2.07 bits per heavy atom. The van der Waals surface area contributed by atoms with Gasteiger partial charge in [0.25, 0.3) is 0 Å². The van der Waals surface area contributed by atoms with Gasteiger partial charge in [-0.05, 0) is 72.2 Å². The summed E-state index contributed by atoms with van der Waals surface area (Å²) >= 11 is 0. The Hall–Kier alpha value is -6.02. The number of aromatic amines is 2. The highest BCUT2D eigenvalue weighted by Crippen LogP contribution is 2.38. The van der Waals surface area contributed by atoms with Crippen molar-refractivity contribution in [1.82, 2.24) is 19.9 Å². The molecule has 1 fully saturated rings. The van der Waals surface area contributed by atoms with Crippen LogP contribution in [0.25, 0.3) is 68.6 Å². The molecule has 5 aromatic rings. The Bertz CT molecular complexity index is 2210. The monoisotopic (exact) mass is 603 g/mol. The second kappa shape index (κ2) is 11.2. The molecule has 3 aromatic heterocycles. The molecule has 0 unspecified atom stereocenters. The lowest BCUT2D eigenvalue weighted by molar-refractivity contribution is -0.142. The fourth-order valence-corrected chi connectivity index (χ4v) is 6.52. The minimum atomic E-state index is -0.763. The highest BCUT2D eigenvalue weighted by atomic mass is 16.5. The third-order valence-corrected chi connectivity index (χ3v) is 8.60. The van der Waals surface area contributed by atoms with E-state index in [2.05, 4.69) is 34.2 Å². The number of ether oxygens (including phenoxy) is 1. The van der Waals surface area contributed by atoms with Gasteiger partial charge in [-0.3, -0.25) is 9.69 Å². The third kappa shape index (κ3) is 4.71. The van der Waals surface area contributed by atoms with Gasteiger partial charge in [-0.15, -0.1) is 0 Å². The second-order valence-corrected chi connectivity index (χ2v) is 11.4. The molecule has 46 heavy (non-hydrogen) atoms. The van der Waals surface area contributed by atoms with Crippen LogP contribution in [0.2, 0.25) is 0 Å². The van der Waals surface area contributed by atoms with Crippen molar-refractivity contribution in [3.8, 4) is 22.3 Å². The molecule has 224 valence electrons. The lowest BCUT2D eigenvalue weighted by Crippen LogP contribution is -2.39. The van der Waals surface area contributed by atoms with Crippen LogP contribution in [-0.4, -0.2) is 45.0 Å². The summed E-state index contributed by atoms with van der Waals surface area (Å²) < 4.78 is 5.15. The van der Waals surface area contributed by atoms with Gasteiger partial charge < -0.3 is 14.7 Å². The number of amides is 1. The SMILES string of the molecule is COC(=O)[C@@H]1CCC(=O)N1c1c2nc(c(-c3ccccc3)c3ccc(cc4nc(c(-c5ccccc5)c5ccc1[nH]5)C=C4)[nH]3)C=C2. The largest absolute Gasteiger partial charge is 0.467 e. The zero-order chi connectivity index (χ0) is 31.2. The predicted octanol–water partition coefficient (Wildman–Crippen LogP) is 7.66. The molecule has 3 aliphatic heterocycles. The highest BCUT2D eigenvalue weighted by Gasteiger charge is 2.40. The van der Waals surface area contributed by atoms with Gasteiger partial charge in [-0.1, -0.05) is 60.7 Å². The third-order valence-electron chi connectivity index (χ3n) is 8.60. The van der Waals surface area contributed by atoms with E-state index in [-0.39, 0.29) is 12.3 Å². The van der Waals surface area contributed by atoms with E-state index in [0.717, 1.165) is 55.9 Å². The van der Waals surface area contributed by atoms with Gasteiger partial charge in [0, 0.05) is 34.1 Å². The van der Waals surface area contributed by atoms with E-state index in [1.165, 1.54) is 7.11 Å². The molecule has 3 aliphatic rings. The highest BCUT2D eigenvalue weighted by molar-refractivity contribution is 6.08.